The number of nitrogens with zero attached hydrogens (tertiary/aromatic N) is 2. The van der Waals surface area contributed by atoms with E-state index in [0.717, 1.165) is 6.54 Å². The third kappa shape index (κ3) is 2.71. The second kappa shape index (κ2) is 4.33. The molecule has 5 nitrogen and oxygen atoms in total. The first-order valence-electron chi connectivity index (χ1n) is 4.96. The zero-order valence-electron chi connectivity index (χ0n) is 9.32. The molecule has 2 N–H and O–H groups in total. The molecule has 84 valence electrons. The Kier molecular flexibility index (Phi) is 3.34. The minimum absolute atomic E-state index is 0.360. The summed E-state index contributed by atoms with van der Waals surface area (Å²) < 4.78 is 1.93. The molecule has 0 saturated heterocycles. The molecule has 1 rings (SSSR count). The number of imidazole rings is 1. The third-order valence-electron chi connectivity index (χ3n) is 2.32. The first-order chi connectivity index (χ1) is 6.97. The van der Waals surface area contributed by atoms with Gasteiger partial charge in [0, 0.05) is 25.5 Å². The molecule has 1 aromatic heterocycles. The van der Waals surface area contributed by atoms with E-state index in [4.69, 9.17) is 5.11 Å². The summed E-state index contributed by atoms with van der Waals surface area (Å²) in [5.41, 5.74) is -0.787. The standard InChI is InChI=1S/C10H17N3O2/c1-4-13-6-5-11-9(13)12-7-10(2,3)8(14)15/h5-6H,4,7H2,1-3H3,(H,11,12)(H,14,15). The second-order valence-corrected chi connectivity index (χ2v) is 4.08. The second-order valence-electron chi connectivity index (χ2n) is 4.08. The molecule has 0 fully saturated rings. The van der Waals surface area contributed by atoms with Gasteiger partial charge in [-0.15, -0.1) is 0 Å². The van der Waals surface area contributed by atoms with Crippen LogP contribution in [0, 0.1) is 5.41 Å². The van der Waals surface area contributed by atoms with Crippen LogP contribution in [0.4, 0.5) is 5.95 Å². The molecule has 0 atom stereocenters. The number of aromatic nitrogens is 2. The van der Waals surface area contributed by atoms with Gasteiger partial charge in [-0.25, -0.2) is 4.98 Å². The van der Waals surface area contributed by atoms with Crippen molar-refractivity contribution in [2.24, 2.45) is 5.41 Å². The number of nitrogens with one attached hydrogen (secondary N) is 1. The highest BCUT2D eigenvalue weighted by Crippen LogP contribution is 2.16. The summed E-state index contributed by atoms with van der Waals surface area (Å²) in [6, 6.07) is 0. The summed E-state index contributed by atoms with van der Waals surface area (Å²) in [5.74, 6) is -0.101. The average molecular weight is 211 g/mol. The number of hydrogen-bond acceptors (Lipinski definition) is 3. The Morgan fingerprint density at radius 3 is 2.87 bits per heavy atom. The quantitative estimate of drug-likeness (QED) is 0.773. The van der Waals surface area contributed by atoms with E-state index in [1.165, 1.54) is 0 Å². The van der Waals surface area contributed by atoms with E-state index < -0.39 is 11.4 Å². The maximum Gasteiger partial charge on any atom is 0.310 e. The van der Waals surface area contributed by atoms with Gasteiger partial charge in [0.15, 0.2) is 0 Å². The van der Waals surface area contributed by atoms with Crippen molar-refractivity contribution in [2.45, 2.75) is 27.3 Å². The van der Waals surface area contributed by atoms with Crippen molar-refractivity contribution < 1.29 is 9.90 Å². The maximum absolute atomic E-state index is 10.9. The van der Waals surface area contributed by atoms with Crippen molar-refractivity contribution >= 4 is 11.9 Å². The van der Waals surface area contributed by atoms with Crippen molar-refractivity contribution in [3.05, 3.63) is 12.4 Å². The van der Waals surface area contributed by atoms with Crippen molar-refractivity contribution in [3.8, 4) is 0 Å². The Bertz CT molecular complexity index is 344. The highest BCUT2D eigenvalue weighted by Gasteiger charge is 2.27. The summed E-state index contributed by atoms with van der Waals surface area (Å²) in [5, 5.41) is 12.0. The van der Waals surface area contributed by atoms with Crippen LogP contribution in [0.5, 0.6) is 0 Å². The molecule has 0 radical (unpaired) electrons. The fraction of sp³-hybridized carbons (Fsp3) is 0.600. The summed E-state index contributed by atoms with van der Waals surface area (Å²) in [6.07, 6.45) is 3.55. The molecule has 0 unspecified atom stereocenters. The van der Waals surface area contributed by atoms with Crippen molar-refractivity contribution in [2.75, 3.05) is 11.9 Å². The van der Waals surface area contributed by atoms with Crippen LogP contribution < -0.4 is 5.32 Å². The van der Waals surface area contributed by atoms with E-state index in [9.17, 15) is 4.79 Å². The summed E-state index contributed by atoms with van der Waals surface area (Å²) in [4.78, 5) is 15.0. The van der Waals surface area contributed by atoms with Crippen molar-refractivity contribution in [1.29, 1.82) is 0 Å². The number of rotatable bonds is 5. The van der Waals surface area contributed by atoms with Crippen LogP contribution in [0.3, 0.4) is 0 Å². The smallest absolute Gasteiger partial charge is 0.310 e. The van der Waals surface area contributed by atoms with Crippen LogP contribution in [0.1, 0.15) is 20.8 Å². The minimum Gasteiger partial charge on any atom is -0.481 e. The summed E-state index contributed by atoms with van der Waals surface area (Å²) in [6.45, 7) is 6.55. The SMILES string of the molecule is CCn1ccnc1NCC(C)(C)C(=O)O. The molecule has 0 aliphatic rings. The molecular formula is C10H17N3O2. The average Bonchev–Trinajstić information content (AvgIpc) is 2.61. The predicted octanol–water partition coefficient (Wildman–Crippen LogP) is 1.43. The van der Waals surface area contributed by atoms with Gasteiger partial charge >= 0.3 is 5.97 Å². The number of carboxylic acid groups (broad SMARTS) is 1. The van der Waals surface area contributed by atoms with Crippen LogP contribution in [-0.2, 0) is 11.3 Å². The normalized spacial score (nSPS) is 11.4. The van der Waals surface area contributed by atoms with E-state index >= 15 is 0 Å². The van der Waals surface area contributed by atoms with Crippen LogP contribution >= 0.6 is 0 Å². The van der Waals surface area contributed by atoms with Gasteiger partial charge in [-0.05, 0) is 20.8 Å². The zero-order chi connectivity index (χ0) is 11.5. The Morgan fingerprint density at radius 1 is 1.67 bits per heavy atom. The van der Waals surface area contributed by atoms with Gasteiger partial charge in [0.1, 0.15) is 0 Å². The Hall–Kier alpha value is -1.52. The van der Waals surface area contributed by atoms with Gasteiger partial charge in [0.05, 0.1) is 5.41 Å². The Labute approximate surface area is 89.1 Å². The lowest BCUT2D eigenvalue weighted by Crippen LogP contribution is -2.32. The molecular weight excluding hydrogens is 194 g/mol. The van der Waals surface area contributed by atoms with Crippen LogP contribution in [-0.4, -0.2) is 27.2 Å². The number of anilines is 1. The molecule has 1 aromatic rings. The molecule has 0 spiro atoms. The van der Waals surface area contributed by atoms with Gasteiger partial charge in [-0.3, -0.25) is 4.79 Å². The van der Waals surface area contributed by atoms with Crippen LogP contribution in [0.2, 0.25) is 0 Å². The molecule has 15 heavy (non-hydrogen) atoms. The molecule has 0 amide bonds. The zero-order valence-corrected chi connectivity index (χ0v) is 9.32. The first kappa shape index (κ1) is 11.6. The Balaban J connectivity index is 2.61. The van der Waals surface area contributed by atoms with E-state index in [1.807, 2.05) is 17.7 Å². The molecule has 0 bridgehead atoms. The fourth-order valence-corrected chi connectivity index (χ4v) is 1.11. The fourth-order valence-electron chi connectivity index (χ4n) is 1.11. The van der Waals surface area contributed by atoms with Gasteiger partial charge in [-0.1, -0.05) is 0 Å². The largest absolute Gasteiger partial charge is 0.481 e. The van der Waals surface area contributed by atoms with E-state index in [-0.39, 0.29) is 0 Å². The highest BCUT2D eigenvalue weighted by atomic mass is 16.4. The minimum atomic E-state index is -0.815. The third-order valence-corrected chi connectivity index (χ3v) is 2.32. The van der Waals surface area contributed by atoms with Gasteiger partial charge < -0.3 is 15.0 Å². The van der Waals surface area contributed by atoms with Gasteiger partial charge in [0.25, 0.3) is 0 Å². The van der Waals surface area contributed by atoms with Gasteiger partial charge in [0.2, 0.25) is 5.95 Å². The van der Waals surface area contributed by atoms with E-state index in [2.05, 4.69) is 10.3 Å². The van der Waals surface area contributed by atoms with Crippen molar-refractivity contribution in [1.82, 2.24) is 9.55 Å². The van der Waals surface area contributed by atoms with Crippen LogP contribution in [0.25, 0.3) is 0 Å². The van der Waals surface area contributed by atoms with Gasteiger partial charge in [-0.2, -0.15) is 0 Å². The lowest BCUT2D eigenvalue weighted by atomic mass is 9.94. The lowest BCUT2D eigenvalue weighted by Gasteiger charge is -2.20. The first-order valence-corrected chi connectivity index (χ1v) is 4.96. The predicted molar refractivity (Wildman–Crippen MR) is 57.8 cm³/mol. The number of aryl methyl sites for hydroxylation is 1. The number of hydrogen-bond donors (Lipinski definition) is 2. The number of carboxylic acids is 1. The maximum atomic E-state index is 10.9. The topological polar surface area (TPSA) is 67.2 Å². The summed E-state index contributed by atoms with van der Waals surface area (Å²) in [7, 11) is 0. The molecule has 0 saturated carbocycles. The molecule has 0 aliphatic heterocycles. The molecule has 5 heteroatoms. The number of aliphatic carboxylic acids is 1. The number of carbonyl (C=O) groups is 1. The van der Waals surface area contributed by atoms with Crippen molar-refractivity contribution in [3.63, 3.8) is 0 Å². The molecule has 1 heterocycles. The van der Waals surface area contributed by atoms with E-state index in [1.54, 1.807) is 20.0 Å². The lowest BCUT2D eigenvalue weighted by molar-refractivity contribution is -0.146. The molecule has 0 aliphatic carbocycles. The molecule has 0 aromatic carbocycles. The summed E-state index contributed by atoms with van der Waals surface area (Å²) >= 11 is 0. The van der Waals surface area contributed by atoms with Crippen LogP contribution in [0.15, 0.2) is 12.4 Å². The van der Waals surface area contributed by atoms with E-state index in [0.29, 0.717) is 12.5 Å². The Morgan fingerprint density at radius 2 is 2.33 bits per heavy atom. The monoisotopic (exact) mass is 211 g/mol. The highest BCUT2D eigenvalue weighted by molar-refractivity contribution is 5.74.